The van der Waals surface area contributed by atoms with E-state index in [2.05, 4.69) is 5.32 Å². The lowest BCUT2D eigenvalue weighted by Gasteiger charge is -2.20. The largest absolute Gasteiger partial charge is 0.496 e. The molecule has 1 N–H and O–H groups in total. The van der Waals surface area contributed by atoms with Crippen LogP contribution in [-0.4, -0.2) is 32.1 Å². The van der Waals surface area contributed by atoms with Crippen molar-refractivity contribution in [2.24, 2.45) is 5.92 Å². The molecule has 2 aromatic carbocycles. The van der Waals surface area contributed by atoms with E-state index in [1.165, 1.54) is 0 Å². The average molecular weight is 403 g/mol. The predicted molar refractivity (Wildman–Crippen MR) is 108 cm³/mol. The van der Waals surface area contributed by atoms with Gasteiger partial charge in [0.2, 0.25) is 11.8 Å². The van der Waals surface area contributed by atoms with Gasteiger partial charge in [-0.1, -0.05) is 23.7 Å². The van der Waals surface area contributed by atoms with Gasteiger partial charge in [-0.15, -0.1) is 0 Å². The van der Waals surface area contributed by atoms with Gasteiger partial charge < -0.3 is 19.7 Å². The Morgan fingerprint density at radius 3 is 2.79 bits per heavy atom. The first-order valence-corrected chi connectivity index (χ1v) is 9.53. The van der Waals surface area contributed by atoms with E-state index >= 15 is 0 Å². The predicted octanol–water partition coefficient (Wildman–Crippen LogP) is 3.42. The highest BCUT2D eigenvalue weighted by Crippen LogP contribution is 2.33. The van der Waals surface area contributed by atoms with Gasteiger partial charge >= 0.3 is 0 Å². The number of carbonyl (C=O) groups excluding carboxylic acids is 2. The molecule has 148 valence electrons. The van der Waals surface area contributed by atoms with E-state index in [1.54, 1.807) is 30.2 Å². The lowest BCUT2D eigenvalue weighted by Crippen LogP contribution is -2.32. The van der Waals surface area contributed by atoms with Crippen molar-refractivity contribution in [2.75, 3.05) is 25.2 Å². The van der Waals surface area contributed by atoms with Gasteiger partial charge in [0.25, 0.3) is 0 Å². The Bertz CT molecular complexity index is 871. The third-order valence-corrected chi connectivity index (χ3v) is 4.88. The van der Waals surface area contributed by atoms with E-state index in [4.69, 9.17) is 21.1 Å². The molecule has 0 saturated carbocycles. The van der Waals surface area contributed by atoms with Crippen molar-refractivity contribution in [3.63, 3.8) is 0 Å². The standard InChI is InChI=1S/C21H23ClN2O4/c1-3-28-19-7-5-4-6-17(19)24-13-15(11-20(24)25)21(26)23-12-14-10-16(22)8-9-18(14)27-2/h4-10,15H,3,11-13H2,1-2H3,(H,23,26). The molecule has 1 aliphatic heterocycles. The molecule has 1 atom stereocenters. The van der Waals surface area contributed by atoms with Gasteiger partial charge in [-0.25, -0.2) is 0 Å². The third-order valence-electron chi connectivity index (χ3n) is 4.65. The van der Waals surface area contributed by atoms with Crippen molar-refractivity contribution in [3.05, 3.63) is 53.1 Å². The summed E-state index contributed by atoms with van der Waals surface area (Å²) in [4.78, 5) is 26.8. The zero-order valence-electron chi connectivity index (χ0n) is 15.9. The van der Waals surface area contributed by atoms with E-state index in [9.17, 15) is 9.59 Å². The Hall–Kier alpha value is -2.73. The molecule has 1 unspecified atom stereocenters. The Labute approximate surface area is 169 Å². The minimum atomic E-state index is -0.424. The van der Waals surface area contributed by atoms with Crippen LogP contribution in [0.5, 0.6) is 11.5 Å². The van der Waals surface area contributed by atoms with Gasteiger partial charge in [0.05, 0.1) is 25.3 Å². The second-order valence-corrected chi connectivity index (χ2v) is 6.92. The van der Waals surface area contributed by atoms with Crippen LogP contribution in [0.15, 0.2) is 42.5 Å². The van der Waals surface area contributed by atoms with Crippen molar-refractivity contribution in [2.45, 2.75) is 19.9 Å². The second kappa shape index (κ2) is 8.97. The summed E-state index contributed by atoms with van der Waals surface area (Å²) in [6.45, 7) is 3.00. The number of carbonyl (C=O) groups is 2. The third kappa shape index (κ3) is 4.39. The highest BCUT2D eigenvalue weighted by Gasteiger charge is 2.36. The van der Waals surface area contributed by atoms with Crippen molar-refractivity contribution in [1.82, 2.24) is 5.32 Å². The SMILES string of the molecule is CCOc1ccccc1N1CC(C(=O)NCc2cc(Cl)ccc2OC)CC1=O. The monoisotopic (exact) mass is 402 g/mol. The molecule has 1 aliphatic rings. The summed E-state index contributed by atoms with van der Waals surface area (Å²) < 4.78 is 10.9. The number of halogens is 1. The highest BCUT2D eigenvalue weighted by molar-refractivity contribution is 6.30. The number of benzene rings is 2. The Morgan fingerprint density at radius 2 is 2.04 bits per heavy atom. The number of hydrogen-bond acceptors (Lipinski definition) is 4. The molecule has 2 aromatic rings. The Balaban J connectivity index is 1.67. The topological polar surface area (TPSA) is 67.9 Å². The fraction of sp³-hybridized carbons (Fsp3) is 0.333. The molecule has 6 nitrogen and oxygen atoms in total. The first-order valence-electron chi connectivity index (χ1n) is 9.15. The summed E-state index contributed by atoms with van der Waals surface area (Å²) >= 11 is 6.03. The molecular formula is C21H23ClN2O4. The minimum absolute atomic E-state index is 0.0901. The zero-order valence-corrected chi connectivity index (χ0v) is 16.7. The molecule has 0 radical (unpaired) electrons. The number of methoxy groups -OCH3 is 1. The number of nitrogens with one attached hydrogen (secondary N) is 1. The molecule has 3 rings (SSSR count). The molecule has 1 fully saturated rings. The molecule has 1 saturated heterocycles. The van der Waals surface area contributed by atoms with Gasteiger partial charge in [0, 0.05) is 30.1 Å². The molecule has 2 amide bonds. The van der Waals surface area contributed by atoms with Crippen LogP contribution in [0, 0.1) is 5.92 Å². The maximum Gasteiger partial charge on any atom is 0.227 e. The quantitative estimate of drug-likeness (QED) is 0.770. The van der Waals surface area contributed by atoms with Gasteiger partial charge in [0.1, 0.15) is 11.5 Å². The molecule has 7 heteroatoms. The van der Waals surface area contributed by atoms with Gasteiger partial charge in [-0.2, -0.15) is 0 Å². The lowest BCUT2D eigenvalue weighted by molar-refractivity contribution is -0.126. The zero-order chi connectivity index (χ0) is 20.1. The molecule has 0 bridgehead atoms. The fourth-order valence-electron chi connectivity index (χ4n) is 3.29. The number of para-hydroxylation sites is 2. The summed E-state index contributed by atoms with van der Waals surface area (Å²) in [5, 5.41) is 3.46. The lowest BCUT2D eigenvalue weighted by atomic mass is 10.1. The minimum Gasteiger partial charge on any atom is -0.496 e. The number of nitrogens with zero attached hydrogens (tertiary/aromatic N) is 1. The molecular weight excluding hydrogens is 380 g/mol. The van der Waals surface area contributed by atoms with E-state index in [0.29, 0.717) is 35.4 Å². The van der Waals surface area contributed by atoms with Crippen LogP contribution in [0.4, 0.5) is 5.69 Å². The van der Waals surface area contributed by atoms with E-state index in [-0.39, 0.29) is 24.8 Å². The first kappa shape index (κ1) is 20.0. The number of hydrogen-bond donors (Lipinski definition) is 1. The second-order valence-electron chi connectivity index (χ2n) is 6.48. The summed E-state index contributed by atoms with van der Waals surface area (Å²) in [6.07, 6.45) is 0.166. The normalized spacial score (nSPS) is 16.2. The van der Waals surface area contributed by atoms with Crippen molar-refractivity contribution in [1.29, 1.82) is 0 Å². The Morgan fingerprint density at radius 1 is 1.25 bits per heavy atom. The van der Waals surface area contributed by atoms with Crippen LogP contribution in [0.25, 0.3) is 0 Å². The van der Waals surface area contributed by atoms with Gasteiger partial charge in [-0.05, 0) is 37.3 Å². The fourth-order valence-corrected chi connectivity index (χ4v) is 3.48. The van der Waals surface area contributed by atoms with Gasteiger partial charge in [0.15, 0.2) is 0 Å². The number of ether oxygens (including phenoxy) is 2. The highest BCUT2D eigenvalue weighted by atomic mass is 35.5. The van der Waals surface area contributed by atoms with Crippen LogP contribution < -0.4 is 19.7 Å². The maximum absolute atomic E-state index is 12.6. The summed E-state index contributed by atoms with van der Waals surface area (Å²) in [6, 6.07) is 12.6. The summed E-state index contributed by atoms with van der Waals surface area (Å²) in [5.41, 5.74) is 1.48. The van der Waals surface area contributed by atoms with Crippen LogP contribution in [0.3, 0.4) is 0 Å². The van der Waals surface area contributed by atoms with E-state index in [1.807, 2.05) is 31.2 Å². The summed E-state index contributed by atoms with van der Waals surface area (Å²) in [5.74, 6) is 0.606. The van der Waals surface area contributed by atoms with E-state index in [0.717, 1.165) is 5.56 Å². The van der Waals surface area contributed by atoms with Crippen molar-refractivity contribution < 1.29 is 19.1 Å². The number of amides is 2. The van der Waals surface area contributed by atoms with Crippen molar-refractivity contribution >= 4 is 29.1 Å². The number of rotatable bonds is 7. The van der Waals surface area contributed by atoms with Crippen LogP contribution >= 0.6 is 11.6 Å². The summed E-state index contributed by atoms with van der Waals surface area (Å²) in [7, 11) is 1.57. The van der Waals surface area contributed by atoms with Crippen LogP contribution in [-0.2, 0) is 16.1 Å². The van der Waals surface area contributed by atoms with Gasteiger partial charge in [-0.3, -0.25) is 9.59 Å². The average Bonchev–Trinajstić information content (AvgIpc) is 3.08. The maximum atomic E-state index is 12.6. The number of anilines is 1. The molecule has 0 spiro atoms. The van der Waals surface area contributed by atoms with Crippen molar-refractivity contribution in [3.8, 4) is 11.5 Å². The Kier molecular flexibility index (Phi) is 6.41. The molecule has 28 heavy (non-hydrogen) atoms. The molecule has 0 aromatic heterocycles. The first-order chi connectivity index (χ1) is 13.5. The van der Waals surface area contributed by atoms with Crippen LogP contribution in [0.1, 0.15) is 18.9 Å². The molecule has 0 aliphatic carbocycles. The molecule has 1 heterocycles. The van der Waals surface area contributed by atoms with E-state index < -0.39 is 5.92 Å². The smallest absolute Gasteiger partial charge is 0.227 e. The van der Waals surface area contributed by atoms with Crippen LogP contribution in [0.2, 0.25) is 5.02 Å².